The van der Waals surface area contributed by atoms with Crippen LogP contribution in [0.5, 0.6) is 5.75 Å². The fourth-order valence-electron chi connectivity index (χ4n) is 3.71. The van der Waals surface area contributed by atoms with Crippen molar-refractivity contribution in [2.24, 2.45) is 0 Å². The number of allylic oxidation sites excluding steroid dienone is 1. The number of carbonyl (C=O) groups excluding carboxylic acids is 1. The van der Waals surface area contributed by atoms with E-state index in [0.29, 0.717) is 18.7 Å². The van der Waals surface area contributed by atoms with Gasteiger partial charge in [-0.1, -0.05) is 70.5 Å². The number of nitrogens with one attached hydrogen (secondary N) is 1. The van der Waals surface area contributed by atoms with Crippen LogP contribution in [0.25, 0.3) is 16.8 Å². The molecule has 0 saturated heterocycles. The molecule has 1 amide bonds. The molecule has 4 aromatic carbocycles. The third-order valence-corrected chi connectivity index (χ3v) is 5.91. The molecule has 0 aromatic heterocycles. The Kier molecular flexibility index (Phi) is 7.77. The summed E-state index contributed by atoms with van der Waals surface area (Å²) in [5.41, 5.74) is 3.36. The topological polar surface area (TPSA) is 62.1 Å². The van der Waals surface area contributed by atoms with Crippen molar-refractivity contribution in [3.05, 3.63) is 124 Å². The summed E-state index contributed by atoms with van der Waals surface area (Å²) >= 11 is 3.38. The van der Waals surface area contributed by atoms with Crippen LogP contribution in [-0.2, 0) is 17.8 Å². The van der Waals surface area contributed by atoms with Crippen molar-refractivity contribution in [3.63, 3.8) is 0 Å². The molecule has 0 atom stereocenters. The number of anilines is 1. The van der Waals surface area contributed by atoms with Gasteiger partial charge in [0.15, 0.2) is 0 Å². The minimum Gasteiger partial charge on any atom is -0.489 e. The van der Waals surface area contributed by atoms with Gasteiger partial charge in [0.25, 0.3) is 5.91 Å². The minimum atomic E-state index is -0.465. The molecule has 0 unspecified atom stereocenters. The Morgan fingerprint density at radius 2 is 1.83 bits per heavy atom. The van der Waals surface area contributed by atoms with Crippen LogP contribution in [0.2, 0.25) is 0 Å². The van der Waals surface area contributed by atoms with Gasteiger partial charge in [-0.25, -0.2) is 0 Å². The average molecular weight is 523 g/mol. The van der Waals surface area contributed by atoms with Crippen molar-refractivity contribution >= 4 is 44.4 Å². The Hall–Kier alpha value is -4.14. The monoisotopic (exact) mass is 522 g/mol. The summed E-state index contributed by atoms with van der Waals surface area (Å²) in [6.07, 6.45) is 3.98. The van der Waals surface area contributed by atoms with Crippen LogP contribution < -0.4 is 10.1 Å². The van der Waals surface area contributed by atoms with Gasteiger partial charge >= 0.3 is 0 Å². The maximum Gasteiger partial charge on any atom is 0.266 e. The zero-order chi connectivity index (χ0) is 24.6. The zero-order valence-corrected chi connectivity index (χ0v) is 20.6. The van der Waals surface area contributed by atoms with Crippen LogP contribution >= 0.6 is 15.9 Å². The predicted molar refractivity (Wildman–Crippen MR) is 145 cm³/mol. The Bertz CT molecular complexity index is 1470. The van der Waals surface area contributed by atoms with Gasteiger partial charge < -0.3 is 10.1 Å². The minimum absolute atomic E-state index is 0.0133. The van der Waals surface area contributed by atoms with Crippen LogP contribution in [0.3, 0.4) is 0 Å². The van der Waals surface area contributed by atoms with E-state index in [4.69, 9.17) is 4.74 Å². The Balaban J connectivity index is 1.52. The summed E-state index contributed by atoms with van der Waals surface area (Å²) in [6.45, 7) is 4.28. The number of rotatable bonds is 8. The van der Waals surface area contributed by atoms with E-state index >= 15 is 0 Å². The summed E-state index contributed by atoms with van der Waals surface area (Å²) in [5.74, 6) is 0.278. The molecule has 0 saturated carbocycles. The van der Waals surface area contributed by atoms with E-state index in [9.17, 15) is 10.1 Å². The number of ether oxygens (including phenoxy) is 1. The molecule has 5 heteroatoms. The highest BCUT2D eigenvalue weighted by Gasteiger charge is 2.11. The van der Waals surface area contributed by atoms with Crippen LogP contribution in [0.15, 0.2) is 108 Å². The lowest BCUT2D eigenvalue weighted by molar-refractivity contribution is -0.112. The van der Waals surface area contributed by atoms with E-state index in [0.717, 1.165) is 26.9 Å². The van der Waals surface area contributed by atoms with Gasteiger partial charge in [0.2, 0.25) is 0 Å². The van der Waals surface area contributed by atoms with Gasteiger partial charge in [0, 0.05) is 10.2 Å². The van der Waals surface area contributed by atoms with Crippen molar-refractivity contribution < 1.29 is 9.53 Å². The van der Waals surface area contributed by atoms with Crippen LogP contribution in [0.1, 0.15) is 16.7 Å². The number of hydrogen-bond donors (Lipinski definition) is 1. The van der Waals surface area contributed by atoms with Crippen molar-refractivity contribution in [3.8, 4) is 11.8 Å². The quantitative estimate of drug-likeness (QED) is 0.148. The SMILES string of the molecule is C=CCc1cc(/C=C(/C#N)C(=O)Nc2cccc(Br)c2)ccc1OCc1ccc2ccccc2c1. The number of carbonyl (C=O) groups is 1. The van der Waals surface area contributed by atoms with Gasteiger partial charge in [-0.15, -0.1) is 6.58 Å². The molecule has 0 radical (unpaired) electrons. The molecule has 1 N–H and O–H groups in total. The van der Waals surface area contributed by atoms with Crippen molar-refractivity contribution in [1.29, 1.82) is 5.26 Å². The first-order valence-corrected chi connectivity index (χ1v) is 11.9. The average Bonchev–Trinajstić information content (AvgIpc) is 2.86. The highest BCUT2D eigenvalue weighted by Crippen LogP contribution is 2.25. The molecular formula is C30H23BrN2O2. The molecule has 0 aliphatic rings. The van der Waals surface area contributed by atoms with Crippen molar-refractivity contribution in [1.82, 2.24) is 0 Å². The fraction of sp³-hybridized carbons (Fsp3) is 0.0667. The largest absolute Gasteiger partial charge is 0.489 e. The summed E-state index contributed by atoms with van der Waals surface area (Å²) < 4.78 is 6.97. The van der Waals surface area contributed by atoms with Gasteiger partial charge in [-0.2, -0.15) is 5.26 Å². The highest BCUT2D eigenvalue weighted by atomic mass is 79.9. The molecule has 0 bridgehead atoms. The molecular weight excluding hydrogens is 500 g/mol. The third-order valence-electron chi connectivity index (χ3n) is 5.42. The molecule has 0 heterocycles. The summed E-state index contributed by atoms with van der Waals surface area (Å²) in [7, 11) is 0. The molecule has 4 nitrogen and oxygen atoms in total. The maximum atomic E-state index is 12.6. The summed E-state index contributed by atoms with van der Waals surface area (Å²) in [6, 6.07) is 29.3. The molecule has 0 fully saturated rings. The zero-order valence-electron chi connectivity index (χ0n) is 19.0. The lowest BCUT2D eigenvalue weighted by Crippen LogP contribution is -2.13. The summed E-state index contributed by atoms with van der Waals surface area (Å²) in [5, 5.41) is 14.7. The normalized spacial score (nSPS) is 11.0. The van der Waals surface area contributed by atoms with E-state index in [1.807, 2.05) is 48.5 Å². The van der Waals surface area contributed by atoms with Crippen molar-refractivity contribution in [2.75, 3.05) is 5.32 Å². The van der Waals surface area contributed by atoms with Crippen LogP contribution in [0, 0.1) is 11.3 Å². The number of benzene rings is 4. The number of nitriles is 1. The highest BCUT2D eigenvalue weighted by molar-refractivity contribution is 9.10. The lowest BCUT2D eigenvalue weighted by atomic mass is 10.0. The Morgan fingerprint density at radius 1 is 1.00 bits per heavy atom. The van der Waals surface area contributed by atoms with Gasteiger partial charge in [0.1, 0.15) is 24.0 Å². The van der Waals surface area contributed by atoms with Gasteiger partial charge in [0.05, 0.1) is 0 Å². The first-order chi connectivity index (χ1) is 17.1. The van der Waals surface area contributed by atoms with Crippen LogP contribution in [0.4, 0.5) is 5.69 Å². The molecule has 0 aliphatic heterocycles. The molecule has 172 valence electrons. The number of fused-ring (bicyclic) bond motifs is 1. The summed E-state index contributed by atoms with van der Waals surface area (Å²) in [4.78, 5) is 12.6. The second kappa shape index (κ2) is 11.3. The molecule has 0 aliphatic carbocycles. The predicted octanol–water partition coefficient (Wildman–Crippen LogP) is 7.46. The fourth-order valence-corrected chi connectivity index (χ4v) is 4.11. The molecule has 35 heavy (non-hydrogen) atoms. The van der Waals surface area contributed by atoms with Gasteiger partial charge in [-0.05, 0) is 76.4 Å². The number of nitrogens with zero attached hydrogens (tertiary/aromatic N) is 1. The third kappa shape index (κ3) is 6.26. The lowest BCUT2D eigenvalue weighted by Gasteiger charge is -2.12. The van der Waals surface area contributed by atoms with Crippen molar-refractivity contribution in [2.45, 2.75) is 13.0 Å². The van der Waals surface area contributed by atoms with E-state index in [2.05, 4.69) is 58.2 Å². The maximum absolute atomic E-state index is 12.6. The van der Waals surface area contributed by atoms with Gasteiger partial charge in [-0.3, -0.25) is 4.79 Å². The number of halogens is 1. The van der Waals surface area contributed by atoms with E-state index < -0.39 is 5.91 Å². The molecule has 4 rings (SSSR count). The second-order valence-electron chi connectivity index (χ2n) is 7.96. The number of hydrogen-bond acceptors (Lipinski definition) is 3. The first kappa shape index (κ1) is 24.0. The Labute approximate surface area is 213 Å². The Morgan fingerprint density at radius 3 is 2.60 bits per heavy atom. The molecule has 0 spiro atoms. The van der Waals surface area contributed by atoms with E-state index in [-0.39, 0.29) is 5.57 Å². The van der Waals surface area contributed by atoms with E-state index in [1.54, 1.807) is 24.3 Å². The smallest absolute Gasteiger partial charge is 0.266 e. The number of amides is 1. The standard InChI is InChI=1S/C30H23BrN2O2/c1-2-6-25-15-21(16-26(19-32)30(34)33-28-10-5-9-27(31)18-28)12-14-29(25)35-20-22-11-13-23-7-3-4-8-24(23)17-22/h2-5,7-18H,1,6,20H2,(H,33,34)/b26-16-. The first-order valence-electron chi connectivity index (χ1n) is 11.1. The van der Waals surface area contributed by atoms with Crippen LogP contribution in [-0.4, -0.2) is 5.91 Å². The second-order valence-corrected chi connectivity index (χ2v) is 8.88. The van der Waals surface area contributed by atoms with E-state index in [1.165, 1.54) is 10.8 Å². The molecule has 4 aromatic rings.